The van der Waals surface area contributed by atoms with Crippen LogP contribution in [-0.2, 0) is 0 Å². The fourth-order valence-electron chi connectivity index (χ4n) is 0.636. The van der Waals surface area contributed by atoms with E-state index in [1.165, 1.54) is 0 Å². The number of halogens is 1. The summed E-state index contributed by atoms with van der Waals surface area (Å²) in [6, 6.07) is 0. The maximum Gasteiger partial charge on any atom is 0.234 e. The molecule has 0 aromatic heterocycles. The van der Waals surface area contributed by atoms with Crippen LogP contribution < -0.4 is 4.98 Å². The topological polar surface area (TPSA) is 12.0 Å². The molecule has 0 radical (unpaired) electrons. The number of hydrogen-bond donors (Lipinski definition) is 1. The zero-order valence-corrected chi connectivity index (χ0v) is 9.73. The van der Waals surface area contributed by atoms with Gasteiger partial charge in [0.15, 0.2) is 0 Å². The van der Waals surface area contributed by atoms with E-state index in [-0.39, 0.29) is 5.41 Å². The van der Waals surface area contributed by atoms with E-state index in [4.69, 9.17) is 11.1 Å². The van der Waals surface area contributed by atoms with Crippen LogP contribution in [0.5, 0.6) is 0 Å². The summed E-state index contributed by atoms with van der Waals surface area (Å²) in [4.78, 5) is 3.24. The predicted molar refractivity (Wildman–Crippen MR) is 55.3 cm³/mol. The molecule has 1 atom stereocenters. The normalized spacial score (nSPS) is 15.7. The third-order valence-corrected chi connectivity index (χ3v) is 3.39. The molecule has 0 heterocycles. The summed E-state index contributed by atoms with van der Waals surface area (Å²) < 4.78 is 0. The van der Waals surface area contributed by atoms with Crippen LogP contribution in [0.4, 0.5) is 0 Å². The monoisotopic (exact) mass is 191 g/mol. The van der Waals surface area contributed by atoms with Crippen LogP contribution in [0.15, 0.2) is 11.8 Å². The van der Waals surface area contributed by atoms with E-state index in [2.05, 4.69) is 44.5 Å². The molecule has 66 valence electrons. The lowest BCUT2D eigenvalue weighted by Crippen LogP contribution is -2.26. The zero-order valence-electron chi connectivity index (χ0n) is 7.82. The molecule has 0 bridgehead atoms. The lowest BCUT2D eigenvalue weighted by molar-refractivity contribution is 0.545. The average Bonchev–Trinajstić information content (AvgIpc) is 1.83. The minimum Gasteiger partial charge on any atom is -0.325 e. The van der Waals surface area contributed by atoms with Crippen molar-refractivity contribution >= 4 is 19.3 Å². The van der Waals surface area contributed by atoms with E-state index < -0.39 is 8.27 Å². The van der Waals surface area contributed by atoms with Crippen molar-refractivity contribution in [3.05, 3.63) is 11.8 Å². The molecular formula is C8H18ClNSi. The van der Waals surface area contributed by atoms with E-state index in [1.807, 2.05) is 0 Å². The Kier molecular flexibility index (Phi) is 5.05. The van der Waals surface area contributed by atoms with Crippen molar-refractivity contribution in [2.45, 2.75) is 27.7 Å². The quantitative estimate of drug-likeness (QED) is 0.533. The first-order valence-electron chi connectivity index (χ1n) is 4.02. The summed E-state index contributed by atoms with van der Waals surface area (Å²) in [5, 5.41) is 0. The highest BCUT2D eigenvalue weighted by atomic mass is 35.6. The van der Waals surface area contributed by atoms with Gasteiger partial charge in [0.2, 0.25) is 8.27 Å². The molecule has 1 N–H and O–H groups in total. The van der Waals surface area contributed by atoms with Gasteiger partial charge in [0.25, 0.3) is 0 Å². The van der Waals surface area contributed by atoms with Gasteiger partial charge in [-0.05, 0) is 12.0 Å². The summed E-state index contributed by atoms with van der Waals surface area (Å²) in [5.74, 6) is 0. The Bertz CT molecular complexity index is 129. The lowest BCUT2D eigenvalue weighted by Gasteiger charge is -2.12. The van der Waals surface area contributed by atoms with Crippen molar-refractivity contribution in [3.63, 3.8) is 0 Å². The van der Waals surface area contributed by atoms with Crippen molar-refractivity contribution in [1.29, 1.82) is 0 Å². The highest BCUT2D eigenvalue weighted by Gasteiger charge is 2.06. The third-order valence-electron chi connectivity index (χ3n) is 1.16. The summed E-state index contributed by atoms with van der Waals surface area (Å²) in [5.41, 5.74) is 2.39. The fourth-order valence-corrected chi connectivity index (χ4v) is 2.59. The predicted octanol–water partition coefficient (Wildman–Crippen LogP) is 2.20. The van der Waals surface area contributed by atoms with E-state index in [9.17, 15) is 0 Å². The fraction of sp³-hybridized carbons (Fsp3) is 0.750. The molecule has 0 spiro atoms. The van der Waals surface area contributed by atoms with Crippen molar-refractivity contribution in [2.75, 3.05) is 6.54 Å². The summed E-state index contributed by atoms with van der Waals surface area (Å²) >= 11 is 6.03. The molecule has 0 saturated heterocycles. The van der Waals surface area contributed by atoms with Crippen LogP contribution in [0.2, 0.25) is 0 Å². The van der Waals surface area contributed by atoms with Gasteiger partial charge in [0.1, 0.15) is 0 Å². The van der Waals surface area contributed by atoms with Gasteiger partial charge in [0, 0.05) is 0 Å². The Hall–Kier alpha value is 0.207. The number of hydrogen-bond acceptors (Lipinski definition) is 1. The molecule has 0 aromatic carbocycles. The van der Waals surface area contributed by atoms with Gasteiger partial charge < -0.3 is 4.98 Å². The van der Waals surface area contributed by atoms with E-state index in [0.29, 0.717) is 0 Å². The Labute approximate surface area is 76.2 Å². The van der Waals surface area contributed by atoms with Crippen molar-refractivity contribution in [1.82, 2.24) is 4.98 Å². The second kappa shape index (κ2) is 4.96. The standard InChI is InChI=1S/C8H18ClNSi/c1-5-10-11(9)7-6-8(2,3)4/h6-7,10-11H,5H2,1-4H3. The minimum atomic E-state index is -1.26. The minimum absolute atomic E-state index is 0.259. The molecule has 0 aliphatic carbocycles. The molecule has 0 aromatic rings. The average molecular weight is 192 g/mol. The van der Waals surface area contributed by atoms with Crippen LogP contribution in [0.1, 0.15) is 27.7 Å². The van der Waals surface area contributed by atoms with Crippen LogP contribution >= 0.6 is 11.1 Å². The molecule has 0 fully saturated rings. The molecule has 0 saturated carbocycles. The lowest BCUT2D eigenvalue weighted by atomic mass is 9.98. The summed E-state index contributed by atoms with van der Waals surface area (Å²) in [7, 11) is -1.26. The first kappa shape index (κ1) is 11.2. The molecule has 0 aliphatic heterocycles. The molecule has 1 unspecified atom stereocenters. The molecule has 0 amide bonds. The Balaban J connectivity index is 3.73. The first-order chi connectivity index (χ1) is 4.95. The molecule has 3 heteroatoms. The Morgan fingerprint density at radius 2 is 2.00 bits per heavy atom. The molecule has 11 heavy (non-hydrogen) atoms. The van der Waals surface area contributed by atoms with E-state index >= 15 is 0 Å². The van der Waals surface area contributed by atoms with Crippen molar-refractivity contribution in [3.8, 4) is 0 Å². The highest BCUT2D eigenvalue weighted by Crippen LogP contribution is 2.14. The summed E-state index contributed by atoms with van der Waals surface area (Å²) in [6.45, 7) is 9.57. The number of nitrogens with one attached hydrogen (secondary N) is 1. The number of rotatable bonds is 3. The van der Waals surface area contributed by atoms with Gasteiger partial charge in [-0.15, -0.1) is 11.1 Å². The van der Waals surface area contributed by atoms with Gasteiger partial charge in [-0.3, -0.25) is 0 Å². The van der Waals surface area contributed by atoms with Crippen LogP contribution in [0.3, 0.4) is 0 Å². The van der Waals surface area contributed by atoms with Crippen LogP contribution in [0.25, 0.3) is 0 Å². The van der Waals surface area contributed by atoms with E-state index in [0.717, 1.165) is 6.54 Å². The van der Waals surface area contributed by atoms with Gasteiger partial charge >= 0.3 is 0 Å². The highest BCUT2D eigenvalue weighted by molar-refractivity contribution is 7.08. The number of allylic oxidation sites excluding steroid dienone is 1. The Morgan fingerprint density at radius 3 is 2.36 bits per heavy atom. The maximum atomic E-state index is 6.03. The largest absolute Gasteiger partial charge is 0.325 e. The molecule has 1 nitrogen and oxygen atoms in total. The Morgan fingerprint density at radius 1 is 1.45 bits per heavy atom. The molecule has 0 aliphatic rings. The van der Waals surface area contributed by atoms with Crippen LogP contribution in [0, 0.1) is 5.41 Å². The van der Waals surface area contributed by atoms with Gasteiger partial charge in [-0.1, -0.05) is 39.5 Å². The van der Waals surface area contributed by atoms with Gasteiger partial charge in [-0.2, -0.15) is 0 Å². The van der Waals surface area contributed by atoms with Crippen molar-refractivity contribution < 1.29 is 0 Å². The second-order valence-corrected chi connectivity index (χ2v) is 6.69. The SMILES string of the molecule is CCN[SiH](Cl)C=CC(C)(C)C. The molecular weight excluding hydrogens is 174 g/mol. The zero-order chi connectivity index (χ0) is 8.91. The third kappa shape index (κ3) is 8.11. The van der Waals surface area contributed by atoms with E-state index in [1.54, 1.807) is 0 Å². The molecule has 0 rings (SSSR count). The smallest absolute Gasteiger partial charge is 0.234 e. The maximum absolute atomic E-state index is 6.03. The van der Waals surface area contributed by atoms with Crippen molar-refractivity contribution in [2.24, 2.45) is 5.41 Å². The summed E-state index contributed by atoms with van der Waals surface area (Å²) in [6.07, 6.45) is 2.18. The van der Waals surface area contributed by atoms with Gasteiger partial charge in [-0.25, -0.2) is 0 Å². The van der Waals surface area contributed by atoms with Gasteiger partial charge in [0.05, 0.1) is 0 Å². The van der Waals surface area contributed by atoms with Crippen LogP contribution in [-0.4, -0.2) is 14.8 Å². The first-order valence-corrected chi connectivity index (χ1v) is 7.01. The second-order valence-electron chi connectivity index (χ2n) is 3.68.